The Morgan fingerprint density at radius 2 is 2.00 bits per heavy atom. The molecule has 0 bridgehead atoms. The van der Waals surface area contributed by atoms with Crippen molar-refractivity contribution in [1.82, 2.24) is 29.6 Å². The smallest absolute Gasteiger partial charge is 0.254 e. The lowest BCUT2D eigenvalue weighted by Crippen LogP contribution is -2.35. The van der Waals surface area contributed by atoms with Gasteiger partial charge in [-0.1, -0.05) is 18.2 Å². The Morgan fingerprint density at radius 1 is 1.10 bits per heavy atom. The van der Waals surface area contributed by atoms with Crippen LogP contribution in [-0.4, -0.2) is 36.2 Å². The average Bonchev–Trinajstić information content (AvgIpc) is 3.12. The molecule has 7 nitrogen and oxygen atoms in total. The number of pyridine rings is 1. The van der Waals surface area contributed by atoms with Gasteiger partial charge in [0.2, 0.25) is 0 Å². The lowest BCUT2D eigenvalue weighted by molar-refractivity contribution is 0.240. The molecule has 0 atom stereocenters. The highest BCUT2D eigenvalue weighted by Gasteiger charge is 2.22. The maximum atomic E-state index is 12.6. The van der Waals surface area contributed by atoms with E-state index in [0.717, 1.165) is 41.4 Å². The van der Waals surface area contributed by atoms with Gasteiger partial charge in [0.05, 0.1) is 17.1 Å². The van der Waals surface area contributed by atoms with Gasteiger partial charge in [-0.25, -0.2) is 9.67 Å². The minimum Gasteiger partial charge on any atom is -0.305 e. The number of aryl methyl sites for hydroxylation is 2. The first kappa shape index (κ1) is 19.4. The summed E-state index contributed by atoms with van der Waals surface area (Å²) < 4.78 is 1.98. The topological polar surface area (TPSA) is 79.7 Å². The molecule has 0 saturated heterocycles. The first-order valence-corrected chi connectivity index (χ1v) is 10.5. The van der Waals surface area contributed by atoms with Crippen LogP contribution in [0, 0.1) is 13.8 Å². The Labute approximate surface area is 180 Å². The highest BCUT2D eigenvalue weighted by molar-refractivity contribution is 5.49. The second kappa shape index (κ2) is 7.92. The molecule has 5 rings (SSSR count). The molecule has 0 radical (unpaired) electrons. The van der Waals surface area contributed by atoms with Gasteiger partial charge in [0, 0.05) is 37.1 Å². The van der Waals surface area contributed by atoms with Crippen LogP contribution in [0.1, 0.15) is 28.2 Å². The van der Waals surface area contributed by atoms with Gasteiger partial charge >= 0.3 is 0 Å². The third kappa shape index (κ3) is 3.92. The van der Waals surface area contributed by atoms with E-state index in [2.05, 4.69) is 57.2 Å². The fraction of sp³-hybridized carbons (Fsp3) is 0.250. The molecule has 1 aromatic carbocycles. The molecule has 0 aliphatic carbocycles. The van der Waals surface area contributed by atoms with Crippen LogP contribution < -0.4 is 5.56 Å². The lowest BCUT2D eigenvalue weighted by atomic mass is 10.1. The predicted molar refractivity (Wildman–Crippen MR) is 119 cm³/mol. The molecule has 0 spiro atoms. The number of hydrogen-bond acceptors (Lipinski definition) is 5. The summed E-state index contributed by atoms with van der Waals surface area (Å²) in [6.45, 7) is 6.33. The molecule has 156 valence electrons. The number of fused-ring (bicyclic) bond motifs is 1. The fourth-order valence-corrected chi connectivity index (χ4v) is 4.19. The van der Waals surface area contributed by atoms with Gasteiger partial charge in [-0.2, -0.15) is 5.10 Å². The van der Waals surface area contributed by atoms with Crippen LogP contribution in [0.4, 0.5) is 0 Å². The summed E-state index contributed by atoms with van der Waals surface area (Å²) in [5.41, 5.74) is 6.64. The van der Waals surface area contributed by atoms with Gasteiger partial charge in [-0.15, -0.1) is 0 Å². The molecular weight excluding hydrogens is 388 g/mol. The number of hydrogen-bond donors (Lipinski definition) is 1. The van der Waals surface area contributed by atoms with E-state index in [0.29, 0.717) is 24.5 Å². The van der Waals surface area contributed by atoms with Crippen molar-refractivity contribution in [1.29, 1.82) is 0 Å². The molecule has 0 unspecified atom stereocenters. The van der Waals surface area contributed by atoms with Crippen molar-refractivity contribution in [3.63, 3.8) is 0 Å². The van der Waals surface area contributed by atoms with Crippen molar-refractivity contribution in [2.45, 2.75) is 33.4 Å². The fourth-order valence-electron chi connectivity index (χ4n) is 4.19. The van der Waals surface area contributed by atoms with Crippen LogP contribution in [0.5, 0.6) is 0 Å². The highest BCUT2D eigenvalue weighted by Crippen LogP contribution is 2.20. The van der Waals surface area contributed by atoms with Crippen molar-refractivity contribution in [2.24, 2.45) is 0 Å². The summed E-state index contributed by atoms with van der Waals surface area (Å²) in [5.74, 6) is 0.526. The molecule has 4 aromatic rings. The van der Waals surface area contributed by atoms with Crippen LogP contribution in [0.3, 0.4) is 0 Å². The first-order chi connectivity index (χ1) is 15.1. The SMILES string of the molecule is Cc1cc(C)n(-c2cccc(CN3CCc4c(nc(-c5ccccn5)[nH]c4=O)C3)c2)n1. The zero-order valence-corrected chi connectivity index (χ0v) is 17.7. The van der Waals surface area contributed by atoms with Gasteiger partial charge in [0.1, 0.15) is 5.69 Å². The minimum absolute atomic E-state index is 0.0585. The Hall–Kier alpha value is -3.58. The Morgan fingerprint density at radius 3 is 2.77 bits per heavy atom. The first-order valence-electron chi connectivity index (χ1n) is 10.5. The van der Waals surface area contributed by atoms with Crippen molar-refractivity contribution in [3.05, 3.63) is 93.3 Å². The Balaban J connectivity index is 1.39. The largest absolute Gasteiger partial charge is 0.305 e. The van der Waals surface area contributed by atoms with E-state index in [4.69, 9.17) is 4.98 Å². The molecule has 31 heavy (non-hydrogen) atoms. The van der Waals surface area contributed by atoms with E-state index in [1.807, 2.05) is 29.8 Å². The number of aromatic nitrogens is 5. The Bertz CT molecular complexity index is 1290. The second-order valence-corrected chi connectivity index (χ2v) is 8.02. The summed E-state index contributed by atoms with van der Waals surface area (Å²) in [6.07, 6.45) is 2.40. The average molecular weight is 412 g/mol. The van der Waals surface area contributed by atoms with E-state index in [9.17, 15) is 4.79 Å². The third-order valence-corrected chi connectivity index (χ3v) is 5.63. The quantitative estimate of drug-likeness (QED) is 0.557. The number of rotatable bonds is 4. The summed E-state index contributed by atoms with van der Waals surface area (Å²) in [7, 11) is 0. The monoisotopic (exact) mass is 412 g/mol. The highest BCUT2D eigenvalue weighted by atomic mass is 16.1. The van der Waals surface area contributed by atoms with Crippen LogP contribution in [0.25, 0.3) is 17.2 Å². The van der Waals surface area contributed by atoms with Gasteiger partial charge < -0.3 is 4.98 Å². The normalized spacial score (nSPS) is 13.9. The third-order valence-electron chi connectivity index (χ3n) is 5.63. The number of H-pyrrole nitrogens is 1. The molecule has 7 heteroatoms. The van der Waals surface area contributed by atoms with Crippen molar-refractivity contribution in [2.75, 3.05) is 6.54 Å². The molecule has 3 aromatic heterocycles. The van der Waals surface area contributed by atoms with E-state index < -0.39 is 0 Å². The molecule has 1 aliphatic rings. The van der Waals surface area contributed by atoms with E-state index >= 15 is 0 Å². The molecule has 0 saturated carbocycles. The second-order valence-electron chi connectivity index (χ2n) is 8.02. The molecular formula is C24H24N6O. The van der Waals surface area contributed by atoms with Gasteiger partial charge in [0.15, 0.2) is 5.82 Å². The van der Waals surface area contributed by atoms with Gasteiger partial charge in [-0.05, 0) is 56.2 Å². The standard InChI is InChI=1S/C24H24N6O/c1-16-12-17(2)30(28-16)19-7-5-6-18(13-19)14-29-11-9-20-22(15-29)26-23(27-24(20)31)21-8-3-4-10-25-21/h3-8,10,12-13H,9,11,14-15H2,1-2H3,(H,26,27,31). The van der Waals surface area contributed by atoms with E-state index in [1.54, 1.807) is 6.20 Å². The van der Waals surface area contributed by atoms with E-state index in [1.165, 1.54) is 5.56 Å². The van der Waals surface area contributed by atoms with Gasteiger partial charge in [-0.3, -0.25) is 14.7 Å². The van der Waals surface area contributed by atoms with Crippen LogP contribution >= 0.6 is 0 Å². The summed E-state index contributed by atoms with van der Waals surface area (Å²) in [4.78, 5) is 26.9. The molecule has 0 fully saturated rings. The maximum absolute atomic E-state index is 12.6. The minimum atomic E-state index is -0.0585. The van der Waals surface area contributed by atoms with Crippen LogP contribution in [0.2, 0.25) is 0 Å². The molecule has 1 N–H and O–H groups in total. The predicted octanol–water partition coefficient (Wildman–Crippen LogP) is 3.19. The van der Waals surface area contributed by atoms with Crippen molar-refractivity contribution in [3.8, 4) is 17.2 Å². The number of benzene rings is 1. The number of nitrogens with one attached hydrogen (secondary N) is 1. The van der Waals surface area contributed by atoms with Crippen LogP contribution in [-0.2, 0) is 19.5 Å². The molecule has 4 heterocycles. The zero-order valence-electron chi connectivity index (χ0n) is 17.7. The number of aromatic amines is 1. The number of nitrogens with zero attached hydrogens (tertiary/aromatic N) is 5. The van der Waals surface area contributed by atoms with E-state index in [-0.39, 0.29) is 5.56 Å². The molecule has 1 aliphatic heterocycles. The lowest BCUT2D eigenvalue weighted by Gasteiger charge is -2.27. The van der Waals surface area contributed by atoms with Crippen molar-refractivity contribution < 1.29 is 0 Å². The summed E-state index contributed by atoms with van der Waals surface area (Å²) in [5, 5.41) is 4.60. The zero-order chi connectivity index (χ0) is 21.4. The maximum Gasteiger partial charge on any atom is 0.254 e. The summed E-state index contributed by atoms with van der Waals surface area (Å²) >= 11 is 0. The Kier molecular flexibility index (Phi) is 4.95. The summed E-state index contributed by atoms with van der Waals surface area (Å²) in [6, 6.07) is 16.1. The van der Waals surface area contributed by atoms with Crippen molar-refractivity contribution >= 4 is 0 Å². The molecule has 0 amide bonds. The van der Waals surface area contributed by atoms with Gasteiger partial charge in [0.25, 0.3) is 5.56 Å². The van der Waals surface area contributed by atoms with Crippen LogP contribution in [0.15, 0.2) is 59.5 Å².